The van der Waals surface area contributed by atoms with E-state index in [1.807, 2.05) is 36.4 Å². The number of carbonyl (C=O) groups is 2. The Morgan fingerprint density at radius 2 is 1.85 bits per heavy atom. The van der Waals surface area contributed by atoms with Gasteiger partial charge in [0.15, 0.2) is 0 Å². The Bertz CT molecular complexity index is 897. The molecule has 5 nitrogen and oxygen atoms in total. The molecule has 1 heterocycles. The number of para-hydroxylation sites is 2. The molecule has 2 amide bonds. The fourth-order valence-electron chi connectivity index (χ4n) is 2.58. The SMILES string of the molecule is O=C(CCCN1C(=O)S/C(=C/c2ccccc2)C1=S)Nc1ccccc1O. The van der Waals surface area contributed by atoms with Crippen LogP contribution in [0.25, 0.3) is 6.08 Å². The summed E-state index contributed by atoms with van der Waals surface area (Å²) in [6.07, 6.45) is 2.60. The maximum Gasteiger partial charge on any atom is 0.291 e. The van der Waals surface area contributed by atoms with Crippen LogP contribution < -0.4 is 5.32 Å². The smallest absolute Gasteiger partial charge is 0.291 e. The van der Waals surface area contributed by atoms with Crippen molar-refractivity contribution in [1.29, 1.82) is 0 Å². The first-order chi connectivity index (χ1) is 13.0. The molecule has 1 aliphatic rings. The summed E-state index contributed by atoms with van der Waals surface area (Å²) in [4.78, 5) is 27.0. The molecule has 7 heteroatoms. The lowest BCUT2D eigenvalue weighted by Gasteiger charge is -2.14. The van der Waals surface area contributed by atoms with Crippen LogP contribution in [0.5, 0.6) is 5.75 Å². The number of anilines is 1. The summed E-state index contributed by atoms with van der Waals surface area (Å²) in [6.45, 7) is 0.380. The Hall–Kier alpha value is -2.64. The molecule has 0 spiro atoms. The minimum atomic E-state index is -0.221. The zero-order chi connectivity index (χ0) is 19.2. The predicted molar refractivity (Wildman–Crippen MR) is 113 cm³/mol. The standard InChI is InChI=1S/C20H18N2O3S2/c23-16-10-5-4-9-15(16)21-18(24)11-6-12-22-19(26)17(27-20(22)25)13-14-7-2-1-3-8-14/h1-5,7-10,13,23H,6,11-12H2,(H,21,24)/b17-13+. The van der Waals surface area contributed by atoms with Crippen LogP contribution in [0.4, 0.5) is 10.5 Å². The first kappa shape index (κ1) is 19.1. The summed E-state index contributed by atoms with van der Waals surface area (Å²) < 4.78 is 0. The minimum absolute atomic E-state index is 0.0221. The highest BCUT2D eigenvalue weighted by Crippen LogP contribution is 2.33. The van der Waals surface area contributed by atoms with Crippen molar-refractivity contribution in [2.24, 2.45) is 0 Å². The van der Waals surface area contributed by atoms with Gasteiger partial charge in [0, 0.05) is 13.0 Å². The first-order valence-electron chi connectivity index (χ1n) is 8.43. The highest BCUT2D eigenvalue weighted by atomic mass is 32.2. The van der Waals surface area contributed by atoms with Gasteiger partial charge in [-0.15, -0.1) is 0 Å². The topological polar surface area (TPSA) is 69.6 Å². The number of aromatic hydroxyl groups is 1. The normalized spacial score (nSPS) is 15.4. The van der Waals surface area contributed by atoms with Crippen molar-refractivity contribution in [3.8, 4) is 5.75 Å². The second-order valence-corrected chi connectivity index (χ2v) is 7.29. The average molecular weight is 399 g/mol. The molecule has 1 saturated heterocycles. The summed E-state index contributed by atoms with van der Waals surface area (Å²) in [5, 5.41) is 12.2. The molecular formula is C20H18N2O3S2. The average Bonchev–Trinajstić information content (AvgIpc) is 2.92. The Morgan fingerprint density at radius 3 is 2.59 bits per heavy atom. The fourth-order valence-corrected chi connectivity index (χ4v) is 3.87. The first-order valence-corrected chi connectivity index (χ1v) is 9.65. The third-order valence-electron chi connectivity index (χ3n) is 3.93. The number of nitrogens with one attached hydrogen (secondary N) is 1. The lowest BCUT2D eigenvalue weighted by atomic mass is 10.2. The summed E-state index contributed by atoms with van der Waals surface area (Å²) >= 11 is 6.53. The maximum atomic E-state index is 12.2. The highest BCUT2D eigenvalue weighted by Gasteiger charge is 2.31. The van der Waals surface area contributed by atoms with Gasteiger partial charge in [0.05, 0.1) is 10.6 Å². The van der Waals surface area contributed by atoms with Gasteiger partial charge in [-0.1, -0.05) is 54.7 Å². The van der Waals surface area contributed by atoms with Gasteiger partial charge in [-0.3, -0.25) is 14.5 Å². The van der Waals surface area contributed by atoms with Crippen molar-refractivity contribution in [1.82, 2.24) is 4.90 Å². The van der Waals surface area contributed by atoms with Crippen LogP contribution in [0.15, 0.2) is 59.5 Å². The van der Waals surface area contributed by atoms with E-state index in [0.717, 1.165) is 22.2 Å². The van der Waals surface area contributed by atoms with Gasteiger partial charge in [0.2, 0.25) is 5.91 Å². The van der Waals surface area contributed by atoms with E-state index in [4.69, 9.17) is 12.2 Å². The zero-order valence-corrected chi connectivity index (χ0v) is 16.1. The van der Waals surface area contributed by atoms with E-state index in [2.05, 4.69) is 5.32 Å². The molecule has 1 aliphatic heterocycles. The van der Waals surface area contributed by atoms with Crippen LogP contribution in [0.3, 0.4) is 0 Å². The van der Waals surface area contributed by atoms with Crippen molar-refractivity contribution in [3.63, 3.8) is 0 Å². The van der Waals surface area contributed by atoms with Crippen molar-refractivity contribution in [2.75, 3.05) is 11.9 Å². The van der Waals surface area contributed by atoms with Crippen LogP contribution in [-0.4, -0.2) is 32.7 Å². The lowest BCUT2D eigenvalue weighted by molar-refractivity contribution is -0.116. The van der Waals surface area contributed by atoms with Crippen LogP contribution in [0.1, 0.15) is 18.4 Å². The lowest BCUT2D eigenvalue weighted by Crippen LogP contribution is -2.28. The van der Waals surface area contributed by atoms with Gasteiger partial charge < -0.3 is 10.4 Å². The molecule has 0 atom stereocenters. The van der Waals surface area contributed by atoms with Gasteiger partial charge in [0.1, 0.15) is 10.7 Å². The summed E-state index contributed by atoms with van der Waals surface area (Å²) in [7, 11) is 0. The maximum absolute atomic E-state index is 12.2. The molecule has 0 aliphatic carbocycles. The van der Waals surface area contributed by atoms with Gasteiger partial charge in [-0.25, -0.2) is 0 Å². The molecule has 0 bridgehead atoms. The van der Waals surface area contributed by atoms with Crippen LogP contribution in [0, 0.1) is 0 Å². The van der Waals surface area contributed by atoms with E-state index < -0.39 is 0 Å². The van der Waals surface area contributed by atoms with E-state index in [1.54, 1.807) is 18.2 Å². The fraction of sp³-hybridized carbons (Fsp3) is 0.150. The van der Waals surface area contributed by atoms with Crippen molar-refractivity contribution < 1.29 is 14.7 Å². The molecule has 1 fully saturated rings. The number of hydrogen-bond acceptors (Lipinski definition) is 5. The van der Waals surface area contributed by atoms with Gasteiger partial charge >= 0.3 is 0 Å². The molecule has 27 heavy (non-hydrogen) atoms. The number of thioether (sulfide) groups is 1. The van der Waals surface area contributed by atoms with Gasteiger partial charge in [-0.05, 0) is 42.0 Å². The quantitative estimate of drug-likeness (QED) is 0.421. The Balaban J connectivity index is 1.53. The number of phenolic OH excluding ortho intramolecular Hbond substituents is 1. The number of rotatable bonds is 6. The Morgan fingerprint density at radius 1 is 1.15 bits per heavy atom. The summed E-state index contributed by atoms with van der Waals surface area (Å²) in [6, 6.07) is 16.2. The summed E-state index contributed by atoms with van der Waals surface area (Å²) in [5.41, 5.74) is 1.36. The number of hydrogen-bond donors (Lipinski definition) is 2. The number of thiocarbonyl (C=S) groups is 1. The van der Waals surface area contributed by atoms with E-state index >= 15 is 0 Å². The molecular weight excluding hydrogens is 380 g/mol. The summed E-state index contributed by atoms with van der Waals surface area (Å²) in [5.74, 6) is -0.199. The molecule has 2 aromatic carbocycles. The third kappa shape index (κ3) is 4.96. The number of amides is 2. The number of benzene rings is 2. The van der Waals surface area contributed by atoms with E-state index in [9.17, 15) is 14.7 Å². The molecule has 0 aromatic heterocycles. The van der Waals surface area contributed by atoms with Crippen LogP contribution in [-0.2, 0) is 4.79 Å². The third-order valence-corrected chi connectivity index (χ3v) is 5.43. The molecule has 3 rings (SSSR count). The highest BCUT2D eigenvalue weighted by molar-refractivity contribution is 8.19. The number of nitrogens with zero attached hydrogens (tertiary/aromatic N) is 1. The molecule has 0 radical (unpaired) electrons. The minimum Gasteiger partial charge on any atom is -0.506 e. The van der Waals surface area contributed by atoms with E-state index in [1.165, 1.54) is 11.0 Å². The second-order valence-electron chi connectivity index (χ2n) is 5.91. The van der Waals surface area contributed by atoms with Gasteiger partial charge in [0.25, 0.3) is 5.24 Å². The van der Waals surface area contributed by atoms with Crippen LogP contribution in [0.2, 0.25) is 0 Å². The molecule has 0 unspecified atom stereocenters. The van der Waals surface area contributed by atoms with Crippen molar-refractivity contribution in [2.45, 2.75) is 12.8 Å². The molecule has 0 saturated carbocycles. The van der Waals surface area contributed by atoms with Crippen molar-refractivity contribution in [3.05, 3.63) is 65.1 Å². The Kier molecular flexibility index (Phi) is 6.26. The monoisotopic (exact) mass is 398 g/mol. The molecule has 2 aromatic rings. The number of carbonyl (C=O) groups excluding carboxylic acids is 2. The largest absolute Gasteiger partial charge is 0.506 e. The predicted octanol–water partition coefficient (Wildman–Crippen LogP) is 4.65. The van der Waals surface area contributed by atoms with E-state index in [0.29, 0.717) is 23.6 Å². The number of phenols is 1. The van der Waals surface area contributed by atoms with Crippen LogP contribution >= 0.6 is 24.0 Å². The molecule has 2 N–H and O–H groups in total. The molecule has 138 valence electrons. The van der Waals surface area contributed by atoms with Gasteiger partial charge in [-0.2, -0.15) is 0 Å². The van der Waals surface area contributed by atoms with E-state index in [-0.39, 0.29) is 23.3 Å². The zero-order valence-electron chi connectivity index (χ0n) is 14.4. The Labute approximate surface area is 167 Å². The second kappa shape index (κ2) is 8.83. The van der Waals surface area contributed by atoms with Crippen molar-refractivity contribution >= 4 is 51.9 Å².